The molecule has 0 atom stereocenters. The van der Waals surface area contributed by atoms with Crippen molar-refractivity contribution in [2.24, 2.45) is 5.73 Å². The molecule has 2 aromatic rings. The van der Waals surface area contributed by atoms with Gasteiger partial charge in [-0.2, -0.15) is 0 Å². The molecule has 104 valence electrons. The van der Waals surface area contributed by atoms with Crippen LogP contribution in [0, 0.1) is 3.57 Å². The number of benzene rings is 1. The Labute approximate surface area is 136 Å². The molecule has 1 amide bonds. The zero-order valence-electron chi connectivity index (χ0n) is 10.0. The third kappa shape index (κ3) is 3.37. The second-order valence-electron chi connectivity index (χ2n) is 3.57. The van der Waals surface area contributed by atoms with E-state index in [1.807, 2.05) is 13.0 Å². The molecule has 1 aromatic heterocycles. The maximum absolute atomic E-state index is 11.3. The average molecular weight is 415 g/mol. The number of primary amides is 1. The molecule has 5 nitrogen and oxygen atoms in total. The number of hydrogen-bond donors (Lipinski definition) is 2. The van der Waals surface area contributed by atoms with Gasteiger partial charge in [-0.25, -0.2) is 9.97 Å². The summed E-state index contributed by atoms with van der Waals surface area (Å²) in [5, 5.41) is 0. The lowest BCUT2D eigenvalue weighted by Crippen LogP contribution is -2.17. The Balaban J connectivity index is 0.00000162. The number of halogens is 3. The van der Waals surface area contributed by atoms with Crippen molar-refractivity contribution >= 4 is 70.0 Å². The van der Waals surface area contributed by atoms with Gasteiger partial charge in [-0.3, -0.25) is 4.79 Å². The van der Waals surface area contributed by atoms with Crippen LogP contribution in [0.1, 0.15) is 23.1 Å². The molecule has 0 saturated carbocycles. The van der Waals surface area contributed by atoms with E-state index in [1.54, 1.807) is 6.07 Å². The van der Waals surface area contributed by atoms with Gasteiger partial charge < -0.3 is 11.5 Å². The van der Waals surface area contributed by atoms with Gasteiger partial charge in [-0.1, -0.05) is 6.92 Å². The van der Waals surface area contributed by atoms with Crippen LogP contribution < -0.4 is 11.5 Å². The molecule has 0 aliphatic heterocycles. The minimum Gasteiger partial charge on any atom is -0.396 e. The van der Waals surface area contributed by atoms with E-state index < -0.39 is 5.91 Å². The molecule has 0 unspecified atom stereocenters. The first-order valence-corrected chi connectivity index (χ1v) is 6.16. The summed E-state index contributed by atoms with van der Waals surface area (Å²) >= 11 is 2.13. The standard InChI is InChI=1S/C11H11IN4O.2ClH/c1-2-6-10(11(14)17)16-7-4-3-5(12)8(13)9(7)15-6;;/h3-4H,2,13H2,1H3,(H2,14,17);2*1H. The predicted molar refractivity (Wildman–Crippen MR) is 89.1 cm³/mol. The summed E-state index contributed by atoms with van der Waals surface area (Å²) in [6.07, 6.45) is 0.589. The molecule has 0 bridgehead atoms. The van der Waals surface area contributed by atoms with E-state index in [0.29, 0.717) is 28.8 Å². The Bertz CT molecular complexity index is 621. The molecule has 0 fully saturated rings. The average Bonchev–Trinajstić information content (AvgIpc) is 2.32. The van der Waals surface area contributed by atoms with Gasteiger partial charge in [0.05, 0.1) is 16.9 Å². The van der Waals surface area contributed by atoms with Crippen LogP contribution in [0.4, 0.5) is 5.69 Å². The fourth-order valence-corrected chi connectivity index (χ4v) is 2.03. The largest absolute Gasteiger partial charge is 0.396 e. The van der Waals surface area contributed by atoms with Crippen molar-refractivity contribution in [2.45, 2.75) is 13.3 Å². The third-order valence-electron chi connectivity index (χ3n) is 2.46. The number of nitrogens with zero attached hydrogens (tertiary/aromatic N) is 2. The van der Waals surface area contributed by atoms with Gasteiger partial charge in [0, 0.05) is 3.57 Å². The van der Waals surface area contributed by atoms with Crippen molar-refractivity contribution in [3.05, 3.63) is 27.1 Å². The second-order valence-corrected chi connectivity index (χ2v) is 4.73. The van der Waals surface area contributed by atoms with Crippen LogP contribution in [0.5, 0.6) is 0 Å². The maximum Gasteiger partial charge on any atom is 0.269 e. The highest BCUT2D eigenvalue weighted by Gasteiger charge is 2.14. The number of hydrogen-bond acceptors (Lipinski definition) is 4. The lowest BCUT2D eigenvalue weighted by molar-refractivity contribution is 0.0994. The lowest BCUT2D eigenvalue weighted by atomic mass is 10.2. The zero-order chi connectivity index (χ0) is 12.6. The van der Waals surface area contributed by atoms with Crippen LogP contribution in [0.2, 0.25) is 0 Å². The van der Waals surface area contributed by atoms with E-state index in [0.717, 1.165) is 3.57 Å². The molecule has 0 aliphatic carbocycles. The van der Waals surface area contributed by atoms with Gasteiger partial charge in [0.25, 0.3) is 5.91 Å². The lowest BCUT2D eigenvalue weighted by Gasteiger charge is -2.08. The molecule has 2 rings (SSSR count). The Hall–Kier alpha value is -0.860. The van der Waals surface area contributed by atoms with Gasteiger partial charge in [-0.15, -0.1) is 24.8 Å². The van der Waals surface area contributed by atoms with Crippen molar-refractivity contribution in [1.29, 1.82) is 0 Å². The summed E-state index contributed by atoms with van der Waals surface area (Å²) in [7, 11) is 0. The molecular weight excluding hydrogens is 402 g/mol. The SMILES string of the molecule is CCc1nc2c(N)c(I)ccc2nc1C(N)=O.Cl.Cl. The fraction of sp³-hybridized carbons (Fsp3) is 0.182. The normalized spacial score (nSPS) is 9.58. The molecule has 0 aliphatic rings. The fourth-order valence-electron chi connectivity index (χ4n) is 1.60. The summed E-state index contributed by atoms with van der Waals surface area (Å²) in [5.41, 5.74) is 13.8. The second kappa shape index (κ2) is 7.06. The van der Waals surface area contributed by atoms with Crippen LogP contribution in [0.25, 0.3) is 11.0 Å². The summed E-state index contributed by atoms with van der Waals surface area (Å²) in [6, 6.07) is 3.62. The molecular formula is C11H13Cl2IN4O. The number of aromatic nitrogens is 2. The Kier molecular flexibility index (Phi) is 6.74. The van der Waals surface area contributed by atoms with E-state index in [1.165, 1.54) is 0 Å². The van der Waals surface area contributed by atoms with Crippen molar-refractivity contribution in [2.75, 3.05) is 5.73 Å². The zero-order valence-corrected chi connectivity index (χ0v) is 13.8. The van der Waals surface area contributed by atoms with Crippen LogP contribution >= 0.6 is 47.4 Å². The van der Waals surface area contributed by atoms with Crippen molar-refractivity contribution in [1.82, 2.24) is 9.97 Å². The number of fused-ring (bicyclic) bond motifs is 1. The number of aryl methyl sites for hydroxylation is 1. The Morgan fingerprint density at radius 1 is 1.32 bits per heavy atom. The van der Waals surface area contributed by atoms with E-state index >= 15 is 0 Å². The minimum absolute atomic E-state index is 0. The Morgan fingerprint density at radius 3 is 2.47 bits per heavy atom. The summed E-state index contributed by atoms with van der Waals surface area (Å²) < 4.78 is 0.915. The van der Waals surface area contributed by atoms with Gasteiger partial charge in [0.1, 0.15) is 11.2 Å². The number of rotatable bonds is 2. The van der Waals surface area contributed by atoms with E-state index in [4.69, 9.17) is 11.5 Å². The number of amides is 1. The monoisotopic (exact) mass is 414 g/mol. The smallest absolute Gasteiger partial charge is 0.269 e. The Morgan fingerprint density at radius 2 is 1.95 bits per heavy atom. The van der Waals surface area contributed by atoms with Crippen LogP contribution in [-0.4, -0.2) is 15.9 Å². The molecule has 0 radical (unpaired) electrons. The number of nitrogen functional groups attached to an aromatic ring is 1. The number of carbonyl (C=O) groups is 1. The highest BCUT2D eigenvalue weighted by atomic mass is 127. The molecule has 1 aromatic carbocycles. The number of carbonyl (C=O) groups excluding carboxylic acids is 1. The first-order valence-electron chi connectivity index (χ1n) is 5.09. The first-order chi connectivity index (χ1) is 8.04. The molecule has 1 heterocycles. The van der Waals surface area contributed by atoms with E-state index in [-0.39, 0.29) is 30.5 Å². The quantitative estimate of drug-likeness (QED) is 0.582. The van der Waals surface area contributed by atoms with Crippen molar-refractivity contribution in [3.8, 4) is 0 Å². The summed E-state index contributed by atoms with van der Waals surface area (Å²) in [4.78, 5) is 19.9. The van der Waals surface area contributed by atoms with Crippen LogP contribution in [-0.2, 0) is 6.42 Å². The maximum atomic E-state index is 11.3. The topological polar surface area (TPSA) is 94.9 Å². The van der Waals surface area contributed by atoms with Crippen molar-refractivity contribution in [3.63, 3.8) is 0 Å². The predicted octanol–water partition coefficient (Wildman–Crippen LogP) is 2.32. The van der Waals surface area contributed by atoms with Gasteiger partial charge in [-0.05, 0) is 41.1 Å². The highest BCUT2D eigenvalue weighted by Crippen LogP contribution is 2.24. The first kappa shape index (κ1) is 18.1. The van der Waals surface area contributed by atoms with Crippen LogP contribution in [0.15, 0.2) is 12.1 Å². The van der Waals surface area contributed by atoms with E-state index in [9.17, 15) is 4.79 Å². The number of anilines is 1. The molecule has 8 heteroatoms. The highest BCUT2D eigenvalue weighted by molar-refractivity contribution is 14.1. The molecule has 0 saturated heterocycles. The van der Waals surface area contributed by atoms with Gasteiger partial charge >= 0.3 is 0 Å². The summed E-state index contributed by atoms with van der Waals surface area (Å²) in [5.74, 6) is -0.562. The number of nitrogens with two attached hydrogens (primary N) is 2. The summed E-state index contributed by atoms with van der Waals surface area (Å²) in [6.45, 7) is 1.90. The molecule has 4 N–H and O–H groups in total. The molecule has 19 heavy (non-hydrogen) atoms. The van der Waals surface area contributed by atoms with Crippen molar-refractivity contribution < 1.29 is 4.79 Å². The minimum atomic E-state index is -0.562. The molecule has 0 spiro atoms. The van der Waals surface area contributed by atoms with Gasteiger partial charge in [0.15, 0.2) is 0 Å². The van der Waals surface area contributed by atoms with Crippen LogP contribution in [0.3, 0.4) is 0 Å². The van der Waals surface area contributed by atoms with Gasteiger partial charge in [0.2, 0.25) is 0 Å². The van der Waals surface area contributed by atoms with E-state index in [2.05, 4.69) is 32.6 Å². The third-order valence-corrected chi connectivity index (χ3v) is 3.40.